The Morgan fingerprint density at radius 2 is 1.17 bits per heavy atom. The Labute approximate surface area is 72.6 Å². The summed E-state index contributed by atoms with van der Waals surface area (Å²) in [6, 6.07) is 0. The normalized spacial score (nSPS) is 34.0. The molecule has 0 aromatic rings. The first-order chi connectivity index (χ1) is 5.00. The Morgan fingerprint density at radius 3 is 1.25 bits per heavy atom. The number of hydrogen-bond donors (Lipinski definition) is 4. The quantitative estimate of drug-likeness (QED) is 0.367. The molecule has 0 unspecified atom stereocenters. The van der Waals surface area contributed by atoms with Crippen molar-refractivity contribution in [2.75, 3.05) is 0 Å². The molecule has 0 aliphatic heterocycles. The number of aliphatic hydroxyl groups is 2. The lowest BCUT2D eigenvalue weighted by Gasteiger charge is -2.71. The number of hydrogen-bond acceptors (Lipinski definition) is 4. The summed E-state index contributed by atoms with van der Waals surface area (Å²) in [6.07, 6.45) is 0. The van der Waals surface area contributed by atoms with Crippen LogP contribution in [0.15, 0.2) is 0 Å². The van der Waals surface area contributed by atoms with Crippen molar-refractivity contribution in [2.45, 2.75) is 39.1 Å². The molecular formula is C8H18N2O2. The van der Waals surface area contributed by atoms with E-state index in [1.165, 1.54) is 0 Å². The second-order valence-corrected chi connectivity index (χ2v) is 4.79. The lowest BCUT2D eigenvalue weighted by Crippen LogP contribution is -2.91. The summed E-state index contributed by atoms with van der Waals surface area (Å²) in [5.41, 5.74) is 8.63. The van der Waals surface area contributed by atoms with Crippen LogP contribution in [0.1, 0.15) is 27.7 Å². The van der Waals surface area contributed by atoms with Crippen molar-refractivity contribution in [3.63, 3.8) is 0 Å². The van der Waals surface area contributed by atoms with Crippen LogP contribution < -0.4 is 11.5 Å². The molecule has 72 valence electrons. The predicted molar refractivity (Wildman–Crippen MR) is 45.8 cm³/mol. The fourth-order valence-corrected chi connectivity index (χ4v) is 1.84. The molecular weight excluding hydrogens is 156 g/mol. The van der Waals surface area contributed by atoms with Crippen molar-refractivity contribution >= 4 is 0 Å². The molecule has 12 heavy (non-hydrogen) atoms. The molecule has 0 amide bonds. The Morgan fingerprint density at radius 1 is 0.833 bits per heavy atom. The zero-order valence-electron chi connectivity index (χ0n) is 8.05. The second kappa shape index (κ2) is 1.85. The fourth-order valence-electron chi connectivity index (χ4n) is 1.84. The van der Waals surface area contributed by atoms with E-state index in [4.69, 9.17) is 11.5 Å². The summed E-state index contributed by atoms with van der Waals surface area (Å²) in [4.78, 5) is 0. The maximum Gasteiger partial charge on any atom is 0.201 e. The van der Waals surface area contributed by atoms with Gasteiger partial charge in [-0.1, -0.05) is 27.7 Å². The predicted octanol–water partition coefficient (Wildman–Crippen LogP) is -0.653. The summed E-state index contributed by atoms with van der Waals surface area (Å²) in [6.45, 7) is 7.14. The summed E-state index contributed by atoms with van der Waals surface area (Å²) >= 11 is 0. The molecule has 1 rings (SSSR count). The van der Waals surface area contributed by atoms with Crippen LogP contribution in [0.3, 0.4) is 0 Å². The SMILES string of the molecule is CC1(C)C(C)(C)C(O)(O)C1(N)N. The van der Waals surface area contributed by atoms with Gasteiger partial charge in [0.1, 0.15) is 5.66 Å². The van der Waals surface area contributed by atoms with E-state index in [1.54, 1.807) is 13.8 Å². The third-order valence-corrected chi connectivity index (χ3v) is 4.05. The molecule has 4 heteroatoms. The van der Waals surface area contributed by atoms with Crippen molar-refractivity contribution in [3.8, 4) is 0 Å². The Hall–Kier alpha value is -0.160. The van der Waals surface area contributed by atoms with Crippen molar-refractivity contribution < 1.29 is 10.2 Å². The molecule has 0 atom stereocenters. The van der Waals surface area contributed by atoms with E-state index in [1.807, 2.05) is 13.8 Å². The Kier molecular flexibility index (Phi) is 1.53. The molecule has 0 spiro atoms. The van der Waals surface area contributed by atoms with Gasteiger partial charge in [-0.05, 0) is 0 Å². The summed E-state index contributed by atoms with van der Waals surface area (Å²) in [5.74, 6) is -2.00. The maximum absolute atomic E-state index is 9.61. The fraction of sp³-hybridized carbons (Fsp3) is 1.00. The average Bonchev–Trinajstić information content (AvgIpc) is 1.84. The lowest BCUT2D eigenvalue weighted by molar-refractivity contribution is -0.402. The zero-order chi connectivity index (χ0) is 10.0. The lowest BCUT2D eigenvalue weighted by atomic mass is 9.42. The third kappa shape index (κ3) is 0.599. The first-order valence-electron chi connectivity index (χ1n) is 4.02. The first kappa shape index (κ1) is 9.92. The minimum atomic E-state index is -2.00. The number of nitrogens with two attached hydrogens (primary N) is 2. The highest BCUT2D eigenvalue weighted by Crippen LogP contribution is 2.63. The van der Waals surface area contributed by atoms with E-state index in [0.29, 0.717) is 0 Å². The molecule has 0 heterocycles. The van der Waals surface area contributed by atoms with E-state index in [9.17, 15) is 10.2 Å². The van der Waals surface area contributed by atoms with Gasteiger partial charge in [0.15, 0.2) is 0 Å². The molecule has 0 radical (unpaired) electrons. The van der Waals surface area contributed by atoms with E-state index in [2.05, 4.69) is 0 Å². The van der Waals surface area contributed by atoms with Gasteiger partial charge in [-0.15, -0.1) is 0 Å². The highest BCUT2D eigenvalue weighted by molar-refractivity contribution is 5.24. The van der Waals surface area contributed by atoms with E-state index < -0.39 is 22.3 Å². The van der Waals surface area contributed by atoms with Gasteiger partial charge in [-0.25, -0.2) is 0 Å². The van der Waals surface area contributed by atoms with Crippen molar-refractivity contribution in [2.24, 2.45) is 22.3 Å². The second-order valence-electron chi connectivity index (χ2n) is 4.79. The molecule has 4 nitrogen and oxygen atoms in total. The van der Waals surface area contributed by atoms with Gasteiger partial charge in [0.05, 0.1) is 0 Å². The molecule has 0 bridgehead atoms. The minimum absolute atomic E-state index is 0.497. The minimum Gasteiger partial charge on any atom is -0.363 e. The maximum atomic E-state index is 9.61. The summed E-state index contributed by atoms with van der Waals surface area (Å²) < 4.78 is 0. The van der Waals surface area contributed by atoms with Crippen LogP contribution in [0, 0.1) is 10.8 Å². The highest BCUT2D eigenvalue weighted by atomic mass is 16.5. The topological polar surface area (TPSA) is 92.5 Å². The van der Waals surface area contributed by atoms with Crippen LogP contribution in [0.2, 0.25) is 0 Å². The monoisotopic (exact) mass is 174 g/mol. The van der Waals surface area contributed by atoms with Crippen molar-refractivity contribution in [1.29, 1.82) is 0 Å². The van der Waals surface area contributed by atoms with Gasteiger partial charge in [-0.2, -0.15) is 0 Å². The van der Waals surface area contributed by atoms with E-state index in [0.717, 1.165) is 0 Å². The first-order valence-corrected chi connectivity index (χ1v) is 4.02. The van der Waals surface area contributed by atoms with E-state index in [-0.39, 0.29) is 0 Å². The van der Waals surface area contributed by atoms with Crippen LogP contribution in [-0.2, 0) is 0 Å². The van der Waals surface area contributed by atoms with Gasteiger partial charge in [-0.3, -0.25) is 0 Å². The Balaban J connectivity index is 3.16. The standard InChI is InChI=1S/C8H18N2O2/c1-5(2)6(3,4)8(11,12)7(5,9)10/h11-12H,9-10H2,1-4H3. The zero-order valence-corrected chi connectivity index (χ0v) is 8.05. The average molecular weight is 174 g/mol. The van der Waals surface area contributed by atoms with Crippen LogP contribution in [0.4, 0.5) is 0 Å². The van der Waals surface area contributed by atoms with Crippen LogP contribution in [-0.4, -0.2) is 21.7 Å². The van der Waals surface area contributed by atoms with Gasteiger partial charge in [0.25, 0.3) is 0 Å². The molecule has 0 saturated heterocycles. The molecule has 1 aliphatic carbocycles. The van der Waals surface area contributed by atoms with Gasteiger partial charge >= 0.3 is 0 Å². The van der Waals surface area contributed by atoms with Gasteiger partial charge in [0.2, 0.25) is 5.79 Å². The molecule has 1 aliphatic rings. The molecule has 6 N–H and O–H groups in total. The van der Waals surface area contributed by atoms with E-state index >= 15 is 0 Å². The molecule has 1 fully saturated rings. The van der Waals surface area contributed by atoms with Crippen LogP contribution >= 0.6 is 0 Å². The largest absolute Gasteiger partial charge is 0.363 e. The Bertz CT molecular complexity index is 155. The highest BCUT2D eigenvalue weighted by Gasteiger charge is 2.77. The smallest absolute Gasteiger partial charge is 0.201 e. The van der Waals surface area contributed by atoms with Crippen molar-refractivity contribution in [3.05, 3.63) is 0 Å². The van der Waals surface area contributed by atoms with Crippen LogP contribution in [0.5, 0.6) is 0 Å². The van der Waals surface area contributed by atoms with Crippen molar-refractivity contribution in [1.82, 2.24) is 0 Å². The van der Waals surface area contributed by atoms with Crippen LogP contribution in [0.25, 0.3) is 0 Å². The summed E-state index contributed by atoms with van der Waals surface area (Å²) in [7, 11) is 0. The molecule has 1 saturated carbocycles. The van der Waals surface area contributed by atoms with Gasteiger partial charge in [0, 0.05) is 10.8 Å². The number of rotatable bonds is 0. The molecule has 0 aromatic carbocycles. The van der Waals surface area contributed by atoms with Gasteiger partial charge < -0.3 is 21.7 Å². The summed E-state index contributed by atoms with van der Waals surface area (Å²) in [5, 5.41) is 19.2. The third-order valence-electron chi connectivity index (χ3n) is 4.05. The molecule has 0 aromatic heterocycles.